The molecule has 2 amide bonds. The second kappa shape index (κ2) is 8.74. The molecule has 0 spiro atoms. The second-order valence-corrected chi connectivity index (χ2v) is 9.81. The minimum Gasteiger partial charge on any atom is -0.496 e. The molecule has 0 atom stereocenters. The number of ether oxygens (including phenoxy) is 1. The number of hydrogen-bond donors (Lipinski definition) is 1. The number of aryl methyl sites for hydroxylation is 1. The van der Waals surface area contributed by atoms with Gasteiger partial charge in [0, 0.05) is 24.3 Å². The summed E-state index contributed by atoms with van der Waals surface area (Å²) < 4.78 is 5.55. The van der Waals surface area contributed by atoms with Gasteiger partial charge in [-0.05, 0) is 70.6 Å². The first-order valence-electron chi connectivity index (χ1n) is 11.1. The Kier molecular flexibility index (Phi) is 6.17. The van der Waals surface area contributed by atoms with Gasteiger partial charge in [0.05, 0.1) is 34.5 Å². The van der Waals surface area contributed by atoms with Gasteiger partial charge >= 0.3 is 0 Å². The molecule has 0 saturated heterocycles. The van der Waals surface area contributed by atoms with Gasteiger partial charge < -0.3 is 15.0 Å². The quantitative estimate of drug-likeness (QED) is 0.711. The predicted molar refractivity (Wildman–Crippen MR) is 126 cm³/mol. The highest BCUT2D eigenvalue weighted by Gasteiger charge is 2.46. The molecule has 0 radical (unpaired) electrons. The van der Waals surface area contributed by atoms with Crippen LogP contribution >= 0.6 is 11.6 Å². The predicted octanol–water partition coefficient (Wildman–Crippen LogP) is 4.67. The Morgan fingerprint density at radius 1 is 1.28 bits per heavy atom. The lowest BCUT2D eigenvalue weighted by atomic mass is 9.85. The molecular formula is C25H30ClN3O3. The summed E-state index contributed by atoms with van der Waals surface area (Å²) in [5.41, 5.74) is 2.52. The minimum atomic E-state index is -0.601. The Labute approximate surface area is 194 Å². The van der Waals surface area contributed by atoms with Crippen LogP contribution in [0.1, 0.15) is 61.1 Å². The van der Waals surface area contributed by atoms with Crippen LogP contribution in [0, 0.1) is 12.8 Å². The number of nitrogens with zero attached hydrogens (tertiary/aromatic N) is 2. The van der Waals surface area contributed by atoms with Crippen LogP contribution in [0.4, 0.5) is 5.69 Å². The Balaban J connectivity index is 1.39. The number of benzene rings is 1. The SMILES string of the molecule is COc1cccc2c1C(C)(C)C(=O)N2CC1CCC(NC(=O)c2cc(Cl)cnc2C)CC1. The first-order chi connectivity index (χ1) is 15.2. The number of hydrogen-bond acceptors (Lipinski definition) is 4. The highest BCUT2D eigenvalue weighted by Crippen LogP contribution is 2.47. The maximum Gasteiger partial charge on any atom is 0.253 e. The number of nitrogens with one attached hydrogen (secondary N) is 1. The summed E-state index contributed by atoms with van der Waals surface area (Å²) >= 11 is 6.01. The Morgan fingerprint density at radius 3 is 2.69 bits per heavy atom. The summed E-state index contributed by atoms with van der Waals surface area (Å²) in [7, 11) is 1.65. The van der Waals surface area contributed by atoms with Crippen molar-refractivity contribution in [2.24, 2.45) is 5.92 Å². The molecule has 7 heteroatoms. The van der Waals surface area contributed by atoms with E-state index in [0.717, 1.165) is 42.7 Å². The van der Waals surface area contributed by atoms with Crippen molar-refractivity contribution in [3.63, 3.8) is 0 Å². The highest BCUT2D eigenvalue weighted by atomic mass is 35.5. The number of amides is 2. The number of carbonyl (C=O) groups excluding carboxylic acids is 2. The average Bonchev–Trinajstić information content (AvgIpc) is 2.97. The van der Waals surface area contributed by atoms with Crippen LogP contribution in [-0.4, -0.2) is 36.5 Å². The number of halogens is 1. The highest BCUT2D eigenvalue weighted by molar-refractivity contribution is 6.30. The summed E-state index contributed by atoms with van der Waals surface area (Å²) in [5.74, 6) is 1.16. The zero-order chi connectivity index (χ0) is 23.0. The second-order valence-electron chi connectivity index (χ2n) is 9.37. The summed E-state index contributed by atoms with van der Waals surface area (Å²) in [6.45, 7) is 6.44. The van der Waals surface area contributed by atoms with Crippen molar-refractivity contribution in [1.29, 1.82) is 0 Å². The van der Waals surface area contributed by atoms with Crippen molar-refractivity contribution in [3.05, 3.63) is 52.3 Å². The normalized spacial score (nSPS) is 21.9. The van der Waals surface area contributed by atoms with E-state index < -0.39 is 5.41 Å². The van der Waals surface area contributed by atoms with Gasteiger partial charge in [0.15, 0.2) is 0 Å². The number of fused-ring (bicyclic) bond motifs is 1. The fraction of sp³-hybridized carbons (Fsp3) is 0.480. The number of methoxy groups -OCH3 is 1. The van der Waals surface area contributed by atoms with Crippen molar-refractivity contribution in [1.82, 2.24) is 10.3 Å². The lowest BCUT2D eigenvalue weighted by Gasteiger charge is -2.32. The minimum absolute atomic E-state index is 0.121. The number of anilines is 1. The van der Waals surface area contributed by atoms with Gasteiger partial charge in [-0.2, -0.15) is 0 Å². The van der Waals surface area contributed by atoms with Crippen LogP contribution in [0.3, 0.4) is 0 Å². The van der Waals surface area contributed by atoms with Crippen molar-refractivity contribution in [2.75, 3.05) is 18.6 Å². The van der Waals surface area contributed by atoms with E-state index in [0.29, 0.717) is 28.7 Å². The van der Waals surface area contributed by atoms with Crippen molar-refractivity contribution >= 4 is 29.1 Å². The van der Waals surface area contributed by atoms with Crippen molar-refractivity contribution in [3.8, 4) is 5.75 Å². The van der Waals surface area contributed by atoms with Crippen LogP contribution in [0.15, 0.2) is 30.5 Å². The van der Waals surface area contributed by atoms with Gasteiger partial charge in [0.1, 0.15) is 5.75 Å². The molecule has 1 aliphatic carbocycles. The molecule has 1 aromatic carbocycles. The third kappa shape index (κ3) is 4.08. The van der Waals surface area contributed by atoms with E-state index in [1.807, 2.05) is 43.9 Å². The van der Waals surface area contributed by atoms with Crippen LogP contribution in [0.2, 0.25) is 5.02 Å². The smallest absolute Gasteiger partial charge is 0.253 e. The monoisotopic (exact) mass is 455 g/mol. The first-order valence-corrected chi connectivity index (χ1v) is 11.5. The zero-order valence-corrected chi connectivity index (χ0v) is 19.8. The van der Waals surface area contributed by atoms with Crippen LogP contribution in [0.25, 0.3) is 0 Å². The topological polar surface area (TPSA) is 71.5 Å². The fourth-order valence-electron chi connectivity index (χ4n) is 5.03. The van der Waals surface area contributed by atoms with Gasteiger partial charge in [0.2, 0.25) is 5.91 Å². The molecule has 1 aromatic heterocycles. The molecule has 2 aliphatic rings. The van der Waals surface area contributed by atoms with E-state index in [-0.39, 0.29) is 17.9 Å². The fourth-order valence-corrected chi connectivity index (χ4v) is 5.18. The van der Waals surface area contributed by atoms with Gasteiger partial charge in [0.25, 0.3) is 5.91 Å². The van der Waals surface area contributed by atoms with Crippen molar-refractivity contribution in [2.45, 2.75) is 57.9 Å². The molecule has 0 unspecified atom stereocenters. The molecule has 2 heterocycles. The van der Waals surface area contributed by atoms with E-state index in [1.54, 1.807) is 19.4 Å². The summed E-state index contributed by atoms with van der Waals surface area (Å²) in [4.78, 5) is 32.0. The summed E-state index contributed by atoms with van der Waals surface area (Å²) in [6, 6.07) is 7.66. The zero-order valence-electron chi connectivity index (χ0n) is 19.1. The van der Waals surface area contributed by atoms with Gasteiger partial charge in [-0.15, -0.1) is 0 Å². The molecule has 6 nitrogen and oxygen atoms in total. The summed E-state index contributed by atoms with van der Waals surface area (Å²) in [6.07, 6.45) is 5.25. The van der Waals surface area contributed by atoms with Crippen LogP contribution in [0.5, 0.6) is 5.75 Å². The standard InChI is InChI=1S/C25H30ClN3O3/c1-15-19(12-17(26)13-27-15)23(30)28-18-10-8-16(9-11-18)14-29-20-6-5-7-21(32-4)22(20)25(2,3)24(29)31/h5-7,12-13,16,18H,8-11,14H2,1-4H3,(H,28,30). The Hall–Kier alpha value is -2.60. The Morgan fingerprint density at radius 2 is 2.00 bits per heavy atom. The van der Waals surface area contributed by atoms with Crippen LogP contribution < -0.4 is 15.0 Å². The molecular weight excluding hydrogens is 426 g/mol. The summed E-state index contributed by atoms with van der Waals surface area (Å²) in [5, 5.41) is 3.59. The molecule has 4 rings (SSSR count). The maximum atomic E-state index is 13.2. The lowest BCUT2D eigenvalue weighted by Crippen LogP contribution is -2.42. The number of carbonyl (C=O) groups is 2. The van der Waals surface area contributed by atoms with E-state index in [4.69, 9.17) is 16.3 Å². The van der Waals surface area contributed by atoms with Gasteiger partial charge in [-0.3, -0.25) is 14.6 Å². The van der Waals surface area contributed by atoms with Crippen LogP contribution in [-0.2, 0) is 10.2 Å². The van der Waals surface area contributed by atoms with E-state index in [2.05, 4.69) is 10.3 Å². The maximum absolute atomic E-state index is 13.2. The number of aromatic nitrogens is 1. The molecule has 1 aliphatic heterocycles. The third-order valence-electron chi connectivity index (χ3n) is 6.84. The lowest BCUT2D eigenvalue weighted by molar-refractivity contribution is -0.122. The van der Waals surface area contributed by atoms with E-state index in [1.165, 1.54) is 0 Å². The molecule has 1 fully saturated rings. The Bertz CT molecular complexity index is 1040. The largest absolute Gasteiger partial charge is 0.496 e. The third-order valence-corrected chi connectivity index (χ3v) is 7.05. The van der Waals surface area contributed by atoms with E-state index in [9.17, 15) is 9.59 Å². The molecule has 32 heavy (non-hydrogen) atoms. The van der Waals surface area contributed by atoms with Gasteiger partial charge in [-0.1, -0.05) is 17.7 Å². The molecule has 1 saturated carbocycles. The molecule has 0 bridgehead atoms. The number of pyridine rings is 1. The van der Waals surface area contributed by atoms with Crippen molar-refractivity contribution < 1.29 is 14.3 Å². The molecule has 170 valence electrons. The molecule has 2 aromatic rings. The molecule has 1 N–H and O–H groups in total. The average molecular weight is 456 g/mol. The van der Waals surface area contributed by atoms with E-state index >= 15 is 0 Å². The first kappa shape index (κ1) is 22.6. The number of rotatable bonds is 5. The van der Waals surface area contributed by atoms with Gasteiger partial charge in [-0.25, -0.2) is 0 Å².